The van der Waals surface area contributed by atoms with Crippen molar-refractivity contribution in [2.45, 2.75) is 104 Å². The van der Waals surface area contributed by atoms with E-state index in [0.717, 1.165) is 24.0 Å². The van der Waals surface area contributed by atoms with Crippen molar-refractivity contribution in [2.24, 2.45) is 42.9 Å². The lowest BCUT2D eigenvalue weighted by Gasteiger charge is -2.05. The van der Waals surface area contributed by atoms with E-state index in [1.807, 2.05) is 12.1 Å². The number of nitrogens with one attached hydrogen (secondary N) is 2. The topological polar surface area (TPSA) is 209 Å². The zero-order valence-electron chi connectivity index (χ0n) is 29.7. The Morgan fingerprint density at radius 2 is 0.804 bits per heavy atom. The molecule has 0 atom stereocenters. The van der Waals surface area contributed by atoms with Crippen LogP contribution < -0.4 is 33.6 Å². The Kier molecular flexibility index (Phi) is 34.8. The van der Waals surface area contributed by atoms with E-state index in [-0.39, 0.29) is 42.2 Å². The van der Waals surface area contributed by atoms with Gasteiger partial charge >= 0.3 is 0 Å². The highest BCUT2D eigenvalue weighted by atomic mass is 35.5. The highest BCUT2D eigenvalue weighted by Gasteiger charge is 2.02. The maximum atomic E-state index is 5.96. The molecule has 11 nitrogen and oxygen atoms in total. The van der Waals surface area contributed by atoms with Gasteiger partial charge in [-0.05, 0) is 48.2 Å². The van der Waals surface area contributed by atoms with Crippen molar-refractivity contribution in [1.29, 1.82) is 0 Å². The van der Waals surface area contributed by atoms with Crippen LogP contribution in [-0.4, -0.2) is 42.4 Å². The molecule has 0 aliphatic rings. The first-order valence-corrected chi connectivity index (χ1v) is 18.2. The van der Waals surface area contributed by atoms with Crippen molar-refractivity contribution in [3.63, 3.8) is 0 Å². The zero-order chi connectivity index (χ0) is 35.6. The Hall–Kier alpha value is -2.38. The lowest BCUT2D eigenvalue weighted by Crippen LogP contribution is -2.41. The van der Waals surface area contributed by atoms with Crippen LogP contribution >= 0.6 is 71.2 Å². The fraction of sp³-hybridized carbons (Fsp3) is 0.529. The van der Waals surface area contributed by atoms with Crippen LogP contribution in [0.15, 0.2) is 56.4 Å². The van der Waals surface area contributed by atoms with Crippen molar-refractivity contribution in [3.05, 3.63) is 67.6 Å². The summed E-state index contributed by atoms with van der Waals surface area (Å²) in [5.74, 6) is 1.04. The summed E-state index contributed by atoms with van der Waals surface area (Å²) in [7, 11) is 0. The fourth-order valence-electron chi connectivity index (χ4n) is 4.23. The molecule has 12 N–H and O–H groups in total. The SMILES string of the molecule is CCCCCCCCN=C(N)NC(N)=NCc1ccc(Cl)c(Cl)c1.CCCCCCCCN=C(N)NC(N)=NCc1ccc(Cl)c(Cl)c1.Cl.Cl.O. The van der Waals surface area contributed by atoms with Gasteiger partial charge in [-0.25, -0.2) is 9.98 Å². The molecule has 0 aromatic heterocycles. The van der Waals surface area contributed by atoms with Gasteiger partial charge in [0.05, 0.1) is 33.2 Å². The summed E-state index contributed by atoms with van der Waals surface area (Å²) in [4.78, 5) is 16.9. The Morgan fingerprint density at radius 1 is 0.490 bits per heavy atom. The van der Waals surface area contributed by atoms with Gasteiger partial charge in [0.1, 0.15) is 0 Å². The second-order valence-electron chi connectivity index (χ2n) is 11.2. The maximum Gasteiger partial charge on any atom is 0.195 e. The first-order valence-electron chi connectivity index (χ1n) is 16.7. The molecule has 0 aliphatic heterocycles. The first kappa shape index (κ1) is 53.0. The Morgan fingerprint density at radius 3 is 1.14 bits per heavy atom. The van der Waals surface area contributed by atoms with Crippen LogP contribution in [0.25, 0.3) is 0 Å². The van der Waals surface area contributed by atoms with Crippen LogP contribution in [0.2, 0.25) is 20.1 Å². The Balaban J connectivity index is -0.000000853. The molecule has 0 amide bonds. The number of benzene rings is 2. The molecule has 0 heterocycles. The normalized spacial score (nSPS) is 11.7. The molecular weight excluding hydrogens is 777 g/mol. The molecule has 0 aliphatic carbocycles. The van der Waals surface area contributed by atoms with Gasteiger partial charge < -0.3 is 28.4 Å². The fourth-order valence-corrected chi connectivity index (χ4v) is 4.87. The van der Waals surface area contributed by atoms with Gasteiger partial charge in [-0.3, -0.25) is 20.6 Å². The Labute approximate surface area is 337 Å². The lowest BCUT2D eigenvalue weighted by molar-refractivity contribution is 0.612. The number of aliphatic imine (C=N–C) groups is 4. The summed E-state index contributed by atoms with van der Waals surface area (Å²) < 4.78 is 0. The third-order valence-electron chi connectivity index (χ3n) is 6.93. The minimum atomic E-state index is 0. The average Bonchev–Trinajstić information content (AvgIpc) is 3.05. The van der Waals surface area contributed by atoms with Crippen LogP contribution in [0.1, 0.15) is 102 Å². The van der Waals surface area contributed by atoms with E-state index in [2.05, 4.69) is 44.5 Å². The smallest absolute Gasteiger partial charge is 0.195 e. The van der Waals surface area contributed by atoms with Crippen molar-refractivity contribution >= 4 is 95.1 Å². The van der Waals surface area contributed by atoms with E-state index in [1.54, 1.807) is 24.3 Å². The monoisotopic (exact) mass is 832 g/mol. The van der Waals surface area contributed by atoms with Gasteiger partial charge in [0, 0.05) is 13.1 Å². The second kappa shape index (κ2) is 33.5. The molecule has 0 saturated heterocycles. The predicted octanol–water partition coefficient (Wildman–Crippen LogP) is 8.16. The molecule has 0 bridgehead atoms. The van der Waals surface area contributed by atoms with E-state index in [4.69, 9.17) is 69.3 Å². The van der Waals surface area contributed by atoms with E-state index in [0.29, 0.717) is 58.2 Å². The summed E-state index contributed by atoms with van der Waals surface area (Å²) >= 11 is 23.7. The largest absolute Gasteiger partial charge is 0.412 e. The van der Waals surface area contributed by atoms with Crippen LogP contribution in [0, 0.1) is 0 Å². The van der Waals surface area contributed by atoms with Gasteiger partial charge in [-0.2, -0.15) is 0 Å². The van der Waals surface area contributed by atoms with Crippen LogP contribution in [-0.2, 0) is 13.1 Å². The van der Waals surface area contributed by atoms with E-state index in [9.17, 15) is 0 Å². The second-order valence-corrected chi connectivity index (χ2v) is 12.8. The minimum absolute atomic E-state index is 0. The third-order valence-corrected chi connectivity index (χ3v) is 8.41. The number of hydrogen-bond donors (Lipinski definition) is 6. The molecule has 0 unspecified atom stereocenters. The van der Waals surface area contributed by atoms with Crippen molar-refractivity contribution in [2.75, 3.05) is 13.1 Å². The standard InChI is InChI=1S/2C17H27Cl2N5.2ClH.H2O/c2*1-2-3-4-5-6-7-10-22-16(20)24-17(21)23-12-13-8-9-14(18)15(19)11-13;;;/h2*8-9,11H,2-7,10,12H2,1H3,(H5,20,21,22,23,24);2*1H;1H2. The van der Waals surface area contributed by atoms with Crippen molar-refractivity contribution < 1.29 is 5.48 Å². The molecule has 0 saturated carbocycles. The van der Waals surface area contributed by atoms with Gasteiger partial charge in [-0.1, -0.05) is 137 Å². The molecule has 51 heavy (non-hydrogen) atoms. The number of hydrogen-bond acceptors (Lipinski definition) is 4. The van der Waals surface area contributed by atoms with Crippen molar-refractivity contribution in [1.82, 2.24) is 10.6 Å². The maximum absolute atomic E-state index is 5.96. The molecular formula is C34H58Cl6N10O. The van der Waals surface area contributed by atoms with Crippen molar-refractivity contribution in [3.8, 4) is 0 Å². The van der Waals surface area contributed by atoms with Crippen LogP contribution in [0.3, 0.4) is 0 Å². The molecule has 17 heteroatoms. The minimum Gasteiger partial charge on any atom is -0.412 e. The number of unbranched alkanes of at least 4 members (excludes halogenated alkanes) is 10. The van der Waals surface area contributed by atoms with Gasteiger partial charge in [0.25, 0.3) is 0 Å². The number of nitrogens with zero attached hydrogens (tertiary/aromatic N) is 4. The van der Waals surface area contributed by atoms with Gasteiger partial charge in [-0.15, -0.1) is 24.8 Å². The van der Waals surface area contributed by atoms with Gasteiger partial charge in [0.15, 0.2) is 23.8 Å². The van der Waals surface area contributed by atoms with Crippen LogP contribution in [0.5, 0.6) is 0 Å². The van der Waals surface area contributed by atoms with Crippen LogP contribution in [0.4, 0.5) is 0 Å². The molecule has 2 aromatic rings. The molecule has 292 valence electrons. The number of rotatable bonds is 18. The summed E-state index contributed by atoms with van der Waals surface area (Å²) in [6.07, 6.45) is 14.6. The Bertz CT molecular complexity index is 1230. The molecule has 0 spiro atoms. The lowest BCUT2D eigenvalue weighted by atomic mass is 10.1. The summed E-state index contributed by atoms with van der Waals surface area (Å²) in [6.45, 7) is 6.60. The molecule has 0 radical (unpaired) electrons. The molecule has 0 fully saturated rings. The number of nitrogens with two attached hydrogens (primary N) is 4. The predicted molar refractivity (Wildman–Crippen MR) is 228 cm³/mol. The number of guanidine groups is 4. The van der Waals surface area contributed by atoms with E-state index in [1.165, 1.54) is 64.2 Å². The first-order chi connectivity index (χ1) is 23.0. The zero-order valence-corrected chi connectivity index (χ0v) is 34.4. The summed E-state index contributed by atoms with van der Waals surface area (Å²) in [6, 6.07) is 10.7. The highest BCUT2D eigenvalue weighted by molar-refractivity contribution is 6.42. The number of halogens is 6. The average molecular weight is 836 g/mol. The summed E-state index contributed by atoms with van der Waals surface area (Å²) in [5.41, 5.74) is 25.0. The van der Waals surface area contributed by atoms with E-state index < -0.39 is 0 Å². The third kappa shape index (κ3) is 27.9. The highest BCUT2D eigenvalue weighted by Crippen LogP contribution is 2.23. The van der Waals surface area contributed by atoms with E-state index >= 15 is 0 Å². The molecule has 2 aromatic carbocycles. The van der Waals surface area contributed by atoms with Gasteiger partial charge in [0.2, 0.25) is 0 Å². The quantitative estimate of drug-likeness (QED) is 0.0495. The summed E-state index contributed by atoms with van der Waals surface area (Å²) in [5, 5.41) is 7.59. The molecule has 2 rings (SSSR count).